The summed E-state index contributed by atoms with van der Waals surface area (Å²) in [6, 6.07) is 11.0. The summed E-state index contributed by atoms with van der Waals surface area (Å²) in [5, 5.41) is 9.93. The molecule has 0 saturated carbocycles. The number of methoxy groups -OCH3 is 1. The van der Waals surface area contributed by atoms with E-state index in [-0.39, 0.29) is 11.7 Å². The first-order chi connectivity index (χ1) is 12.8. The molecule has 3 rings (SSSR count). The Balaban J connectivity index is 1.92. The zero-order valence-corrected chi connectivity index (χ0v) is 18.1. The molecule has 0 aromatic heterocycles. The van der Waals surface area contributed by atoms with E-state index in [0.29, 0.717) is 19.4 Å². The van der Waals surface area contributed by atoms with Crippen LogP contribution in [0.1, 0.15) is 5.56 Å². The topological polar surface area (TPSA) is 53.0 Å². The van der Waals surface area contributed by atoms with Gasteiger partial charge in [-0.25, -0.2) is 0 Å². The van der Waals surface area contributed by atoms with E-state index in [1.54, 1.807) is 18.2 Å². The molecule has 1 aliphatic rings. The van der Waals surface area contributed by atoms with Gasteiger partial charge in [-0.1, -0.05) is 24.0 Å². The Bertz CT molecular complexity index is 943. The van der Waals surface area contributed by atoms with Crippen molar-refractivity contribution in [2.75, 3.05) is 31.0 Å². The highest BCUT2D eigenvalue weighted by Crippen LogP contribution is 2.39. The van der Waals surface area contributed by atoms with Gasteiger partial charge in [0.25, 0.3) is 5.91 Å². The number of aromatic hydroxyl groups is 1. The third-order valence-electron chi connectivity index (χ3n) is 3.99. The Labute approximate surface area is 175 Å². The number of hydrogen-bond acceptors (Lipinski definition) is 6. The van der Waals surface area contributed by atoms with E-state index in [4.69, 9.17) is 17.0 Å². The van der Waals surface area contributed by atoms with Gasteiger partial charge in [-0.2, -0.15) is 0 Å². The highest BCUT2D eigenvalue weighted by Gasteiger charge is 2.33. The van der Waals surface area contributed by atoms with Crippen LogP contribution in [-0.4, -0.2) is 36.5 Å². The van der Waals surface area contributed by atoms with E-state index in [2.05, 4.69) is 15.9 Å². The molecule has 0 spiro atoms. The van der Waals surface area contributed by atoms with Crippen molar-refractivity contribution in [1.29, 1.82) is 0 Å². The van der Waals surface area contributed by atoms with E-state index >= 15 is 0 Å². The van der Waals surface area contributed by atoms with Gasteiger partial charge in [-0.05, 0) is 64.0 Å². The van der Waals surface area contributed by atoms with Gasteiger partial charge in [-0.3, -0.25) is 9.69 Å². The van der Waals surface area contributed by atoms with Crippen LogP contribution in [0.3, 0.4) is 0 Å². The molecule has 1 fully saturated rings. The lowest BCUT2D eigenvalue weighted by Crippen LogP contribution is -2.27. The van der Waals surface area contributed by atoms with E-state index in [1.165, 1.54) is 23.8 Å². The second-order valence-corrected chi connectivity index (χ2v) is 8.51. The van der Waals surface area contributed by atoms with E-state index < -0.39 is 0 Å². The van der Waals surface area contributed by atoms with Gasteiger partial charge in [0.1, 0.15) is 0 Å². The van der Waals surface area contributed by atoms with Crippen molar-refractivity contribution in [3.63, 3.8) is 0 Å². The fourth-order valence-corrected chi connectivity index (χ4v) is 4.33. The molecular formula is C19H17BrN2O3S2. The van der Waals surface area contributed by atoms with Crippen molar-refractivity contribution in [3.8, 4) is 11.5 Å². The van der Waals surface area contributed by atoms with Gasteiger partial charge < -0.3 is 14.7 Å². The first-order valence-corrected chi connectivity index (χ1v) is 9.95. The molecular weight excluding hydrogens is 448 g/mol. The van der Waals surface area contributed by atoms with Gasteiger partial charge in [0.15, 0.2) is 15.8 Å². The van der Waals surface area contributed by atoms with Crippen LogP contribution in [0.15, 0.2) is 45.8 Å². The zero-order valence-electron chi connectivity index (χ0n) is 14.9. The molecule has 0 unspecified atom stereocenters. The largest absolute Gasteiger partial charge is 0.503 e. The number of anilines is 2. The molecule has 2 aromatic rings. The number of rotatable bonds is 4. The number of phenolic OH excluding ortho intramolecular Hbond substituents is 1. The van der Waals surface area contributed by atoms with Crippen molar-refractivity contribution in [1.82, 2.24) is 0 Å². The van der Waals surface area contributed by atoms with Crippen LogP contribution in [0.25, 0.3) is 6.08 Å². The number of amides is 1. The lowest BCUT2D eigenvalue weighted by Gasteiger charge is -2.17. The predicted octanol–water partition coefficient (Wildman–Crippen LogP) is 4.64. The molecule has 0 bridgehead atoms. The van der Waals surface area contributed by atoms with Gasteiger partial charge >= 0.3 is 0 Å². The molecule has 1 N–H and O–H groups in total. The van der Waals surface area contributed by atoms with Crippen molar-refractivity contribution >= 4 is 67.6 Å². The fraction of sp³-hybridized carbons (Fsp3) is 0.158. The lowest BCUT2D eigenvalue weighted by molar-refractivity contribution is -0.113. The fourth-order valence-electron chi connectivity index (χ4n) is 2.57. The number of phenols is 1. The number of carbonyl (C=O) groups excluding carboxylic acids is 1. The zero-order chi connectivity index (χ0) is 19.7. The quantitative estimate of drug-likeness (QED) is 0.525. The maximum atomic E-state index is 12.9. The first kappa shape index (κ1) is 19.7. The maximum absolute atomic E-state index is 12.9. The summed E-state index contributed by atoms with van der Waals surface area (Å²) in [4.78, 5) is 16.9. The summed E-state index contributed by atoms with van der Waals surface area (Å²) < 4.78 is 6.13. The standard InChI is InChI=1S/C19H17BrN2O3S2/c1-21(2)12-4-6-13(7-5-12)22-18(24)16(27-19(22)26)10-11-8-14(20)17(23)15(9-11)25-3/h4-10,23H,1-3H3/b16-10+. The summed E-state index contributed by atoms with van der Waals surface area (Å²) in [5.74, 6) is 0.166. The third-order valence-corrected chi connectivity index (χ3v) is 5.89. The normalized spacial score (nSPS) is 15.6. The maximum Gasteiger partial charge on any atom is 0.270 e. The molecule has 1 aliphatic heterocycles. The highest BCUT2D eigenvalue weighted by atomic mass is 79.9. The summed E-state index contributed by atoms with van der Waals surface area (Å²) in [6.07, 6.45) is 1.74. The van der Waals surface area contributed by atoms with Crippen LogP contribution < -0.4 is 14.5 Å². The molecule has 0 aliphatic carbocycles. The number of hydrogen-bond donors (Lipinski definition) is 1. The average molecular weight is 465 g/mol. The molecule has 0 atom stereocenters. The van der Waals surface area contributed by atoms with Crippen LogP contribution >= 0.6 is 39.9 Å². The van der Waals surface area contributed by atoms with Gasteiger partial charge in [-0.15, -0.1) is 0 Å². The molecule has 0 radical (unpaired) electrons. The summed E-state index contributed by atoms with van der Waals surface area (Å²) in [6.45, 7) is 0. The molecule has 1 heterocycles. The van der Waals surface area contributed by atoms with Crippen LogP contribution in [0.4, 0.5) is 11.4 Å². The minimum absolute atomic E-state index is 0.0168. The van der Waals surface area contributed by atoms with Crippen LogP contribution in [0, 0.1) is 0 Å². The first-order valence-electron chi connectivity index (χ1n) is 7.93. The monoisotopic (exact) mass is 464 g/mol. The number of carbonyl (C=O) groups is 1. The van der Waals surface area contributed by atoms with Crippen molar-refractivity contribution < 1.29 is 14.6 Å². The highest BCUT2D eigenvalue weighted by molar-refractivity contribution is 9.10. The Hall–Kier alpha value is -2.03. The SMILES string of the molecule is COc1cc(/C=C2/SC(=S)N(c3ccc(N(C)C)cc3)C2=O)cc(Br)c1O. The number of halogens is 1. The van der Waals surface area contributed by atoms with E-state index in [1.807, 2.05) is 43.3 Å². The van der Waals surface area contributed by atoms with Crippen LogP contribution in [-0.2, 0) is 4.79 Å². The van der Waals surface area contributed by atoms with Crippen molar-refractivity contribution in [2.24, 2.45) is 0 Å². The average Bonchev–Trinajstić information content (AvgIpc) is 2.91. The lowest BCUT2D eigenvalue weighted by atomic mass is 10.2. The molecule has 2 aromatic carbocycles. The third kappa shape index (κ3) is 3.97. The summed E-state index contributed by atoms with van der Waals surface area (Å²) in [5.41, 5.74) is 2.50. The number of thiocarbonyl (C=S) groups is 1. The number of nitrogens with zero attached hydrogens (tertiary/aromatic N) is 2. The molecule has 5 nitrogen and oxygen atoms in total. The van der Waals surface area contributed by atoms with E-state index in [0.717, 1.165) is 16.9 Å². The Kier molecular flexibility index (Phi) is 5.78. The molecule has 1 saturated heterocycles. The minimum atomic E-state index is -0.175. The Morgan fingerprint density at radius 1 is 1.26 bits per heavy atom. The minimum Gasteiger partial charge on any atom is -0.503 e. The van der Waals surface area contributed by atoms with E-state index in [9.17, 15) is 9.90 Å². The number of benzene rings is 2. The van der Waals surface area contributed by atoms with Crippen molar-refractivity contribution in [2.45, 2.75) is 0 Å². The van der Waals surface area contributed by atoms with Crippen molar-refractivity contribution in [3.05, 3.63) is 51.3 Å². The smallest absolute Gasteiger partial charge is 0.270 e. The second-order valence-electron chi connectivity index (χ2n) is 5.98. The molecule has 140 valence electrons. The summed E-state index contributed by atoms with van der Waals surface area (Å²) >= 11 is 9.95. The van der Waals surface area contributed by atoms with Crippen LogP contribution in [0.2, 0.25) is 0 Å². The number of ether oxygens (including phenoxy) is 1. The summed E-state index contributed by atoms with van der Waals surface area (Å²) in [7, 11) is 5.39. The van der Waals surface area contributed by atoms with Crippen LogP contribution in [0.5, 0.6) is 11.5 Å². The van der Waals surface area contributed by atoms with Gasteiger partial charge in [0.2, 0.25) is 0 Å². The molecule has 1 amide bonds. The van der Waals surface area contributed by atoms with Gasteiger partial charge in [0.05, 0.1) is 22.2 Å². The Morgan fingerprint density at radius 3 is 2.52 bits per heavy atom. The molecule has 27 heavy (non-hydrogen) atoms. The predicted molar refractivity (Wildman–Crippen MR) is 119 cm³/mol. The molecule has 8 heteroatoms. The Morgan fingerprint density at radius 2 is 1.93 bits per heavy atom. The second kappa shape index (κ2) is 7.92. The van der Waals surface area contributed by atoms with Gasteiger partial charge in [0, 0.05) is 19.8 Å². The number of thioether (sulfide) groups is 1.